The zero-order chi connectivity index (χ0) is 13.9. The van der Waals surface area contributed by atoms with Gasteiger partial charge in [-0.25, -0.2) is 0 Å². The number of thioether (sulfide) groups is 1. The Kier molecular flexibility index (Phi) is 3.51. The zero-order valence-corrected chi connectivity index (χ0v) is 11.8. The van der Waals surface area contributed by atoms with Crippen LogP contribution in [0, 0.1) is 13.8 Å². The van der Waals surface area contributed by atoms with Gasteiger partial charge >= 0.3 is 0 Å². The highest BCUT2D eigenvalue weighted by atomic mass is 32.2. The second-order valence-electron chi connectivity index (χ2n) is 4.25. The fourth-order valence-corrected chi connectivity index (χ4v) is 2.21. The second kappa shape index (κ2) is 5.46. The van der Waals surface area contributed by atoms with Crippen LogP contribution in [0.15, 0.2) is 38.4 Å². The molecule has 102 valence electrons. The van der Waals surface area contributed by atoms with E-state index in [4.69, 9.17) is 8.94 Å². The maximum atomic E-state index is 5.28. The number of rotatable bonds is 4. The molecule has 0 unspecified atom stereocenters. The van der Waals surface area contributed by atoms with E-state index in [1.54, 1.807) is 6.92 Å². The molecule has 20 heavy (non-hydrogen) atoms. The third kappa shape index (κ3) is 2.88. The molecular formula is C13H12N4O2S. The summed E-state index contributed by atoms with van der Waals surface area (Å²) in [4.78, 5) is 4.33. The molecule has 0 N–H and O–H groups in total. The van der Waals surface area contributed by atoms with Gasteiger partial charge in [0.15, 0.2) is 0 Å². The van der Waals surface area contributed by atoms with Gasteiger partial charge in [-0.15, -0.1) is 10.2 Å². The lowest BCUT2D eigenvalue weighted by Crippen LogP contribution is -1.82. The first-order valence-corrected chi connectivity index (χ1v) is 7.02. The van der Waals surface area contributed by atoms with Crippen molar-refractivity contribution in [3.63, 3.8) is 0 Å². The third-order valence-corrected chi connectivity index (χ3v) is 3.41. The molecule has 0 aliphatic carbocycles. The van der Waals surface area contributed by atoms with E-state index >= 15 is 0 Å². The van der Waals surface area contributed by atoms with Crippen molar-refractivity contribution in [2.24, 2.45) is 0 Å². The molecule has 0 saturated heterocycles. The minimum atomic E-state index is 0.483. The van der Waals surface area contributed by atoms with Gasteiger partial charge in [-0.05, 0) is 6.92 Å². The van der Waals surface area contributed by atoms with Gasteiger partial charge < -0.3 is 8.94 Å². The Labute approximate surface area is 119 Å². The Morgan fingerprint density at radius 2 is 1.90 bits per heavy atom. The van der Waals surface area contributed by atoms with Crippen molar-refractivity contribution in [1.82, 2.24) is 20.3 Å². The quantitative estimate of drug-likeness (QED) is 0.683. The van der Waals surface area contributed by atoms with E-state index in [2.05, 4.69) is 20.3 Å². The number of hydrogen-bond acceptors (Lipinski definition) is 7. The summed E-state index contributed by atoms with van der Waals surface area (Å²) in [6.07, 6.45) is 0. The van der Waals surface area contributed by atoms with E-state index in [-0.39, 0.29) is 0 Å². The first kappa shape index (κ1) is 12.9. The van der Waals surface area contributed by atoms with Crippen LogP contribution in [-0.2, 0) is 5.75 Å². The second-order valence-corrected chi connectivity index (χ2v) is 5.18. The molecule has 2 heterocycles. The molecule has 3 aromatic rings. The minimum absolute atomic E-state index is 0.483. The summed E-state index contributed by atoms with van der Waals surface area (Å²) in [7, 11) is 0. The predicted molar refractivity (Wildman–Crippen MR) is 73.1 cm³/mol. The molecule has 0 bridgehead atoms. The van der Waals surface area contributed by atoms with E-state index in [0.29, 0.717) is 28.6 Å². The first-order chi connectivity index (χ1) is 9.70. The number of hydrogen-bond donors (Lipinski definition) is 0. The van der Waals surface area contributed by atoms with Crippen LogP contribution in [0.4, 0.5) is 0 Å². The lowest BCUT2D eigenvalue weighted by atomic mass is 10.1. The lowest BCUT2D eigenvalue weighted by Gasteiger charge is -1.94. The summed E-state index contributed by atoms with van der Waals surface area (Å²) in [5.74, 6) is 2.18. The average molecular weight is 288 g/mol. The maximum Gasteiger partial charge on any atom is 0.286 e. The van der Waals surface area contributed by atoms with Gasteiger partial charge in [-0.3, -0.25) is 0 Å². The van der Waals surface area contributed by atoms with Gasteiger partial charge in [0.1, 0.15) is 0 Å². The van der Waals surface area contributed by atoms with Gasteiger partial charge in [0.2, 0.25) is 17.6 Å². The smallest absolute Gasteiger partial charge is 0.286 e. The minimum Gasteiger partial charge on any atom is -0.425 e. The first-order valence-electron chi connectivity index (χ1n) is 6.03. The van der Waals surface area contributed by atoms with Crippen molar-refractivity contribution < 1.29 is 8.94 Å². The van der Waals surface area contributed by atoms with Gasteiger partial charge in [-0.1, -0.05) is 46.7 Å². The summed E-state index contributed by atoms with van der Waals surface area (Å²) < 4.78 is 10.5. The molecule has 0 aliphatic rings. The normalized spacial score (nSPS) is 10.9. The molecule has 7 heteroatoms. The molecule has 0 spiro atoms. The van der Waals surface area contributed by atoms with E-state index in [1.165, 1.54) is 17.3 Å². The fraction of sp³-hybridized carbons (Fsp3) is 0.231. The van der Waals surface area contributed by atoms with Gasteiger partial charge in [0.05, 0.1) is 5.75 Å². The standard InChI is InChI=1S/C13H12N4O2S/c1-8-3-5-10(6-4-8)12-14-13(19-17-12)20-7-11-16-15-9(2)18-11/h3-6H,7H2,1-2H3. The van der Waals surface area contributed by atoms with Crippen molar-refractivity contribution >= 4 is 11.8 Å². The molecule has 0 saturated carbocycles. The van der Waals surface area contributed by atoms with Crippen molar-refractivity contribution in [2.75, 3.05) is 0 Å². The van der Waals surface area contributed by atoms with Crippen molar-refractivity contribution in [3.05, 3.63) is 41.6 Å². The monoisotopic (exact) mass is 288 g/mol. The Morgan fingerprint density at radius 3 is 2.60 bits per heavy atom. The van der Waals surface area contributed by atoms with Crippen LogP contribution in [0.3, 0.4) is 0 Å². The van der Waals surface area contributed by atoms with E-state index in [1.807, 2.05) is 31.2 Å². The molecule has 1 aromatic carbocycles. The highest BCUT2D eigenvalue weighted by Gasteiger charge is 2.11. The van der Waals surface area contributed by atoms with E-state index < -0.39 is 0 Å². The maximum absolute atomic E-state index is 5.28. The molecule has 2 aromatic heterocycles. The molecule has 6 nitrogen and oxygen atoms in total. The van der Waals surface area contributed by atoms with Crippen LogP contribution in [0.2, 0.25) is 0 Å². The average Bonchev–Trinajstić information content (AvgIpc) is 3.06. The predicted octanol–water partition coefficient (Wildman–Crippen LogP) is 3.03. The van der Waals surface area contributed by atoms with Gasteiger partial charge in [-0.2, -0.15) is 4.98 Å². The Balaban J connectivity index is 1.69. The summed E-state index contributed by atoms with van der Waals surface area (Å²) >= 11 is 1.37. The van der Waals surface area contributed by atoms with Crippen LogP contribution >= 0.6 is 11.8 Å². The lowest BCUT2D eigenvalue weighted by molar-refractivity contribution is 0.341. The van der Waals surface area contributed by atoms with Crippen molar-refractivity contribution in [2.45, 2.75) is 24.8 Å². The summed E-state index contributed by atoms with van der Waals surface area (Å²) in [6.45, 7) is 3.79. The highest BCUT2D eigenvalue weighted by molar-refractivity contribution is 7.98. The summed E-state index contributed by atoms with van der Waals surface area (Å²) in [6, 6.07) is 7.96. The number of aromatic nitrogens is 4. The Hall–Kier alpha value is -2.15. The van der Waals surface area contributed by atoms with E-state index in [0.717, 1.165) is 5.56 Å². The molecule has 0 atom stereocenters. The summed E-state index contributed by atoms with van der Waals surface area (Å²) in [5, 5.41) is 12.1. The molecule has 3 rings (SSSR count). The van der Waals surface area contributed by atoms with Crippen LogP contribution in [0.5, 0.6) is 0 Å². The Bertz CT molecular complexity index is 705. The van der Waals surface area contributed by atoms with Crippen LogP contribution in [0.1, 0.15) is 17.3 Å². The number of benzene rings is 1. The van der Waals surface area contributed by atoms with Crippen LogP contribution in [0.25, 0.3) is 11.4 Å². The van der Waals surface area contributed by atoms with Crippen molar-refractivity contribution in [1.29, 1.82) is 0 Å². The molecule has 0 radical (unpaired) electrons. The zero-order valence-electron chi connectivity index (χ0n) is 11.0. The van der Waals surface area contributed by atoms with E-state index in [9.17, 15) is 0 Å². The highest BCUT2D eigenvalue weighted by Crippen LogP contribution is 2.24. The largest absolute Gasteiger partial charge is 0.425 e. The SMILES string of the molecule is Cc1ccc(-c2noc(SCc3nnc(C)o3)n2)cc1. The summed E-state index contributed by atoms with van der Waals surface area (Å²) in [5.41, 5.74) is 2.12. The molecule has 0 amide bonds. The topological polar surface area (TPSA) is 77.8 Å². The van der Waals surface area contributed by atoms with Crippen molar-refractivity contribution in [3.8, 4) is 11.4 Å². The van der Waals surface area contributed by atoms with Crippen LogP contribution < -0.4 is 0 Å². The number of aryl methyl sites for hydroxylation is 2. The molecule has 0 aliphatic heterocycles. The Morgan fingerprint density at radius 1 is 1.10 bits per heavy atom. The van der Waals surface area contributed by atoms with Gasteiger partial charge in [0.25, 0.3) is 5.22 Å². The van der Waals surface area contributed by atoms with Crippen LogP contribution in [-0.4, -0.2) is 20.3 Å². The molecule has 0 fully saturated rings. The number of nitrogens with zero attached hydrogens (tertiary/aromatic N) is 4. The van der Waals surface area contributed by atoms with Gasteiger partial charge in [0, 0.05) is 12.5 Å². The molecular weight excluding hydrogens is 276 g/mol. The fourth-order valence-electron chi connectivity index (χ4n) is 1.61. The third-order valence-electron chi connectivity index (χ3n) is 2.60.